The summed E-state index contributed by atoms with van der Waals surface area (Å²) in [5.41, 5.74) is 1.29. The summed E-state index contributed by atoms with van der Waals surface area (Å²) >= 11 is 1.41. The number of nitrogens with one attached hydrogen (secondary N) is 1. The van der Waals surface area contributed by atoms with Crippen molar-refractivity contribution in [1.82, 2.24) is 0 Å². The van der Waals surface area contributed by atoms with Crippen LogP contribution in [-0.4, -0.2) is 18.0 Å². The lowest BCUT2D eigenvalue weighted by molar-refractivity contribution is -0.123. The third-order valence-corrected chi connectivity index (χ3v) is 5.72. The van der Waals surface area contributed by atoms with E-state index in [0.717, 1.165) is 48.6 Å². The number of nitrogens with zero attached hydrogens (tertiary/aromatic N) is 1. The highest BCUT2D eigenvalue weighted by Crippen LogP contribution is 2.37. The van der Waals surface area contributed by atoms with Gasteiger partial charge in [-0.3, -0.25) is 4.79 Å². The molecule has 1 N–H and O–H groups in total. The minimum absolute atomic E-state index is 0.224. The number of ether oxygens (including phenoxy) is 1. The lowest BCUT2D eigenvalue weighted by Gasteiger charge is -2.13. The number of nitriles is 1. The van der Waals surface area contributed by atoms with Gasteiger partial charge in [-0.2, -0.15) is 5.26 Å². The Morgan fingerprint density at radius 3 is 2.74 bits per heavy atom. The Balaban J connectivity index is 1.71. The van der Waals surface area contributed by atoms with Crippen molar-refractivity contribution in [3.8, 4) is 6.07 Å². The van der Waals surface area contributed by atoms with Gasteiger partial charge in [-0.1, -0.05) is 18.6 Å². The first-order valence-corrected chi connectivity index (χ1v) is 9.64. The van der Waals surface area contributed by atoms with Crippen molar-refractivity contribution in [1.29, 1.82) is 5.26 Å². The van der Waals surface area contributed by atoms with E-state index in [0.29, 0.717) is 10.6 Å². The highest BCUT2D eigenvalue weighted by atomic mass is 32.1. The van der Waals surface area contributed by atoms with Crippen LogP contribution in [0.3, 0.4) is 0 Å². The number of hydrogen-bond donors (Lipinski definition) is 1. The van der Waals surface area contributed by atoms with E-state index in [1.807, 2.05) is 0 Å². The SMILES string of the molecule is CC(OC(=O)c1ccccc1F)C(=O)Nc1sc2c(c1C#N)CCCCC2. The second-order valence-electron chi connectivity index (χ2n) is 6.40. The van der Waals surface area contributed by atoms with Crippen LogP contribution in [0, 0.1) is 17.1 Å². The van der Waals surface area contributed by atoms with Crippen LogP contribution >= 0.6 is 11.3 Å². The molecule has 1 unspecified atom stereocenters. The summed E-state index contributed by atoms with van der Waals surface area (Å²) in [6.07, 6.45) is 3.86. The number of rotatable bonds is 4. The minimum atomic E-state index is -1.12. The molecule has 0 bridgehead atoms. The van der Waals surface area contributed by atoms with Crippen molar-refractivity contribution in [3.05, 3.63) is 51.7 Å². The van der Waals surface area contributed by atoms with Gasteiger partial charge in [-0.05, 0) is 50.3 Å². The molecule has 1 amide bonds. The molecular weight excluding hydrogens is 367 g/mol. The Labute approximate surface area is 160 Å². The van der Waals surface area contributed by atoms with Crippen molar-refractivity contribution < 1.29 is 18.7 Å². The summed E-state index contributed by atoms with van der Waals surface area (Å²) in [5, 5.41) is 12.7. The van der Waals surface area contributed by atoms with Gasteiger partial charge in [0, 0.05) is 4.88 Å². The topological polar surface area (TPSA) is 79.2 Å². The van der Waals surface area contributed by atoms with Crippen LogP contribution in [0.15, 0.2) is 24.3 Å². The first-order chi connectivity index (χ1) is 13.0. The predicted octanol–water partition coefficient (Wildman–Crippen LogP) is 4.21. The molecule has 140 valence electrons. The molecule has 1 aliphatic carbocycles. The van der Waals surface area contributed by atoms with E-state index >= 15 is 0 Å². The molecule has 1 heterocycles. The molecule has 0 saturated heterocycles. The average Bonchev–Trinajstić information content (AvgIpc) is 2.81. The van der Waals surface area contributed by atoms with Crippen LogP contribution in [0.1, 0.15) is 52.5 Å². The highest BCUT2D eigenvalue weighted by molar-refractivity contribution is 7.16. The normalized spacial score (nSPS) is 14.4. The molecule has 27 heavy (non-hydrogen) atoms. The Morgan fingerprint density at radius 1 is 1.26 bits per heavy atom. The molecule has 1 aromatic carbocycles. The number of anilines is 1. The Hall–Kier alpha value is -2.72. The summed E-state index contributed by atoms with van der Waals surface area (Å²) in [6.45, 7) is 1.42. The predicted molar refractivity (Wildman–Crippen MR) is 100 cm³/mol. The zero-order chi connectivity index (χ0) is 19.4. The molecule has 0 radical (unpaired) electrons. The van der Waals surface area contributed by atoms with Gasteiger partial charge in [0.15, 0.2) is 6.10 Å². The van der Waals surface area contributed by atoms with Crippen molar-refractivity contribution in [2.75, 3.05) is 5.32 Å². The summed E-state index contributed by atoms with van der Waals surface area (Å²) in [7, 11) is 0. The van der Waals surface area contributed by atoms with Gasteiger partial charge in [-0.15, -0.1) is 11.3 Å². The number of carbonyl (C=O) groups is 2. The molecule has 5 nitrogen and oxygen atoms in total. The number of benzene rings is 1. The van der Waals surface area contributed by atoms with Gasteiger partial charge in [0.1, 0.15) is 16.9 Å². The number of esters is 1. The lowest BCUT2D eigenvalue weighted by Crippen LogP contribution is -2.30. The summed E-state index contributed by atoms with van der Waals surface area (Å²) in [5.74, 6) is -2.16. The monoisotopic (exact) mass is 386 g/mol. The fourth-order valence-electron chi connectivity index (χ4n) is 3.07. The number of halogens is 1. The lowest BCUT2D eigenvalue weighted by atomic mass is 10.1. The third kappa shape index (κ3) is 4.17. The number of aryl methyl sites for hydroxylation is 1. The van der Waals surface area contributed by atoms with Crippen molar-refractivity contribution >= 4 is 28.2 Å². The molecule has 0 spiro atoms. The van der Waals surface area contributed by atoms with Crippen LogP contribution in [0.4, 0.5) is 9.39 Å². The maximum Gasteiger partial charge on any atom is 0.341 e. The fourth-order valence-corrected chi connectivity index (χ4v) is 4.31. The first kappa shape index (κ1) is 19.1. The Bertz CT molecular complexity index is 916. The molecule has 0 fully saturated rings. The molecule has 1 aliphatic rings. The van der Waals surface area contributed by atoms with Gasteiger partial charge < -0.3 is 10.1 Å². The van der Waals surface area contributed by atoms with Crippen LogP contribution in [0.5, 0.6) is 0 Å². The standard InChI is InChI=1S/C20H19FN2O3S/c1-12(26-20(25)14-8-5-6-9-16(14)21)18(24)23-19-15(11-22)13-7-3-2-4-10-17(13)27-19/h5-6,8-9,12H,2-4,7,10H2,1H3,(H,23,24). The van der Waals surface area contributed by atoms with Gasteiger partial charge in [0.2, 0.25) is 0 Å². The number of hydrogen-bond acceptors (Lipinski definition) is 5. The van der Waals surface area contributed by atoms with E-state index < -0.39 is 23.8 Å². The molecule has 3 rings (SSSR count). The van der Waals surface area contributed by atoms with Gasteiger partial charge >= 0.3 is 5.97 Å². The van der Waals surface area contributed by atoms with Gasteiger partial charge in [0.25, 0.3) is 5.91 Å². The Kier molecular flexibility index (Phi) is 5.87. The van der Waals surface area contributed by atoms with Crippen molar-refractivity contribution in [2.24, 2.45) is 0 Å². The van der Waals surface area contributed by atoms with E-state index in [4.69, 9.17) is 4.74 Å². The molecule has 2 aromatic rings. The van der Waals surface area contributed by atoms with E-state index in [1.165, 1.54) is 36.5 Å². The summed E-state index contributed by atoms with van der Waals surface area (Å²) in [4.78, 5) is 25.6. The molecule has 1 atom stereocenters. The largest absolute Gasteiger partial charge is 0.449 e. The number of amides is 1. The zero-order valence-electron chi connectivity index (χ0n) is 14.9. The average molecular weight is 386 g/mol. The van der Waals surface area contributed by atoms with Gasteiger partial charge in [0.05, 0.1) is 11.1 Å². The quantitative estimate of drug-likeness (QED) is 0.630. The van der Waals surface area contributed by atoms with E-state index in [9.17, 15) is 19.2 Å². The van der Waals surface area contributed by atoms with E-state index in [2.05, 4.69) is 11.4 Å². The molecule has 7 heteroatoms. The Morgan fingerprint density at radius 2 is 2.00 bits per heavy atom. The zero-order valence-corrected chi connectivity index (χ0v) is 15.7. The van der Waals surface area contributed by atoms with Crippen LogP contribution in [0.25, 0.3) is 0 Å². The molecular formula is C20H19FN2O3S. The maximum atomic E-state index is 13.7. The highest BCUT2D eigenvalue weighted by Gasteiger charge is 2.25. The van der Waals surface area contributed by atoms with E-state index in [1.54, 1.807) is 0 Å². The molecule has 1 aromatic heterocycles. The summed E-state index contributed by atoms with van der Waals surface area (Å²) in [6, 6.07) is 7.62. The van der Waals surface area contributed by atoms with Crippen LogP contribution < -0.4 is 5.32 Å². The number of carbonyl (C=O) groups excluding carboxylic acids is 2. The van der Waals surface area contributed by atoms with Crippen molar-refractivity contribution in [2.45, 2.75) is 45.1 Å². The number of thiophene rings is 1. The minimum Gasteiger partial charge on any atom is -0.449 e. The van der Waals surface area contributed by atoms with Crippen molar-refractivity contribution in [3.63, 3.8) is 0 Å². The summed E-state index contributed by atoms with van der Waals surface area (Å²) < 4.78 is 18.7. The third-order valence-electron chi connectivity index (χ3n) is 4.52. The van der Waals surface area contributed by atoms with Gasteiger partial charge in [-0.25, -0.2) is 9.18 Å². The van der Waals surface area contributed by atoms with Crippen LogP contribution in [0.2, 0.25) is 0 Å². The second-order valence-corrected chi connectivity index (χ2v) is 7.50. The maximum absolute atomic E-state index is 13.7. The van der Waals surface area contributed by atoms with E-state index in [-0.39, 0.29) is 5.56 Å². The number of fused-ring (bicyclic) bond motifs is 1. The first-order valence-electron chi connectivity index (χ1n) is 8.82. The smallest absolute Gasteiger partial charge is 0.341 e. The van der Waals surface area contributed by atoms with Crippen LogP contribution in [-0.2, 0) is 22.4 Å². The molecule has 0 aliphatic heterocycles. The molecule has 0 saturated carbocycles. The fraction of sp³-hybridized carbons (Fsp3) is 0.350. The second kappa shape index (κ2) is 8.31.